The fraction of sp³-hybridized carbons (Fsp3) is 0.647. The predicted octanol–water partition coefficient (Wildman–Crippen LogP) is 3.16. The zero-order chi connectivity index (χ0) is 14.0. The number of nitrogens with zero attached hydrogens (tertiary/aromatic N) is 1. The minimum atomic E-state index is 0.290. The third kappa shape index (κ3) is 2.93. The fourth-order valence-electron chi connectivity index (χ4n) is 3.57. The van der Waals surface area contributed by atoms with E-state index in [0.717, 1.165) is 31.9 Å². The molecule has 3 rings (SSSR count). The topological polar surface area (TPSA) is 24.5 Å². The van der Waals surface area contributed by atoms with E-state index in [9.17, 15) is 0 Å². The maximum atomic E-state index is 6.23. The van der Waals surface area contributed by atoms with Crippen LogP contribution in [-0.2, 0) is 6.42 Å². The molecule has 20 heavy (non-hydrogen) atoms. The molecule has 1 aromatic carbocycles. The van der Waals surface area contributed by atoms with E-state index < -0.39 is 0 Å². The lowest BCUT2D eigenvalue weighted by molar-refractivity contribution is 0.0697. The molecule has 2 aliphatic heterocycles. The van der Waals surface area contributed by atoms with Crippen LogP contribution < -0.4 is 10.1 Å². The van der Waals surface area contributed by atoms with E-state index >= 15 is 0 Å². The lowest BCUT2D eigenvalue weighted by Gasteiger charge is -2.38. The second-order valence-corrected chi connectivity index (χ2v) is 6.75. The predicted molar refractivity (Wildman–Crippen MR) is 83.6 cm³/mol. The molecule has 1 unspecified atom stereocenters. The van der Waals surface area contributed by atoms with Crippen LogP contribution in [-0.4, -0.2) is 38.2 Å². The van der Waals surface area contributed by atoms with Gasteiger partial charge in [-0.2, -0.15) is 0 Å². The molecule has 0 aliphatic carbocycles. The highest BCUT2D eigenvalue weighted by atomic mass is 16.5. The number of benzene rings is 1. The maximum absolute atomic E-state index is 6.23. The van der Waals surface area contributed by atoms with E-state index in [4.69, 9.17) is 4.74 Å². The van der Waals surface area contributed by atoms with Gasteiger partial charge in [0, 0.05) is 29.8 Å². The molecular formula is C17H26N2O. The Balaban J connectivity index is 1.69. The van der Waals surface area contributed by atoms with Crippen LogP contribution in [0.4, 0.5) is 5.69 Å². The van der Waals surface area contributed by atoms with E-state index in [0.29, 0.717) is 0 Å². The van der Waals surface area contributed by atoms with Crippen molar-refractivity contribution in [2.75, 3.05) is 38.6 Å². The Morgan fingerprint density at radius 2 is 2.25 bits per heavy atom. The number of piperidine rings is 1. The Morgan fingerprint density at radius 1 is 1.35 bits per heavy atom. The van der Waals surface area contributed by atoms with Gasteiger partial charge in [0.15, 0.2) is 0 Å². The van der Waals surface area contributed by atoms with Gasteiger partial charge in [0.2, 0.25) is 0 Å². The SMILES string of the molecule is CN1CCCC(C)(COc2cccc3c2CCCN3)C1. The molecule has 3 heteroatoms. The number of hydrogen-bond acceptors (Lipinski definition) is 3. The maximum Gasteiger partial charge on any atom is 0.124 e. The molecule has 0 spiro atoms. The molecular weight excluding hydrogens is 248 g/mol. The first-order chi connectivity index (χ1) is 9.66. The number of anilines is 1. The first-order valence-electron chi connectivity index (χ1n) is 7.83. The number of hydrogen-bond donors (Lipinski definition) is 1. The normalized spacial score (nSPS) is 26.7. The largest absolute Gasteiger partial charge is 0.493 e. The van der Waals surface area contributed by atoms with Crippen molar-refractivity contribution in [1.82, 2.24) is 4.90 Å². The van der Waals surface area contributed by atoms with Crippen molar-refractivity contribution in [3.8, 4) is 5.75 Å². The minimum Gasteiger partial charge on any atom is -0.493 e. The average molecular weight is 274 g/mol. The fourth-order valence-corrected chi connectivity index (χ4v) is 3.57. The molecule has 0 bridgehead atoms. The summed E-state index contributed by atoms with van der Waals surface area (Å²) >= 11 is 0. The van der Waals surface area contributed by atoms with Crippen LogP contribution >= 0.6 is 0 Å². The van der Waals surface area contributed by atoms with Gasteiger partial charge in [0.1, 0.15) is 5.75 Å². The Kier molecular flexibility index (Phi) is 3.88. The van der Waals surface area contributed by atoms with Crippen LogP contribution in [0.3, 0.4) is 0 Å². The van der Waals surface area contributed by atoms with Crippen molar-refractivity contribution < 1.29 is 4.74 Å². The zero-order valence-electron chi connectivity index (χ0n) is 12.7. The van der Waals surface area contributed by atoms with Gasteiger partial charge in [-0.05, 0) is 51.4 Å². The molecule has 2 aliphatic rings. The number of fused-ring (bicyclic) bond motifs is 1. The summed E-state index contributed by atoms with van der Waals surface area (Å²) in [5, 5.41) is 3.47. The first kappa shape index (κ1) is 13.7. The third-order valence-electron chi connectivity index (χ3n) is 4.60. The van der Waals surface area contributed by atoms with E-state index in [-0.39, 0.29) is 5.41 Å². The van der Waals surface area contributed by atoms with Gasteiger partial charge in [-0.15, -0.1) is 0 Å². The van der Waals surface area contributed by atoms with Crippen molar-refractivity contribution in [2.45, 2.75) is 32.6 Å². The van der Waals surface area contributed by atoms with Gasteiger partial charge in [-0.25, -0.2) is 0 Å². The standard InChI is InChI=1S/C17H26N2O/c1-17(9-5-11-19(2)12-17)13-20-16-8-3-7-15-14(16)6-4-10-18-15/h3,7-8,18H,4-6,9-13H2,1-2H3. The van der Waals surface area contributed by atoms with Crippen molar-refractivity contribution in [3.63, 3.8) is 0 Å². The Bertz CT molecular complexity index is 474. The molecule has 1 N–H and O–H groups in total. The van der Waals surface area contributed by atoms with Crippen molar-refractivity contribution in [2.24, 2.45) is 5.41 Å². The van der Waals surface area contributed by atoms with Gasteiger partial charge in [0.25, 0.3) is 0 Å². The lowest BCUT2D eigenvalue weighted by atomic mass is 9.83. The molecule has 0 radical (unpaired) electrons. The molecule has 110 valence electrons. The van der Waals surface area contributed by atoms with Crippen molar-refractivity contribution in [3.05, 3.63) is 23.8 Å². The highest BCUT2D eigenvalue weighted by Gasteiger charge is 2.30. The molecule has 2 heterocycles. The molecule has 0 aromatic heterocycles. The van der Waals surface area contributed by atoms with E-state index in [1.165, 1.54) is 37.1 Å². The van der Waals surface area contributed by atoms with Gasteiger partial charge in [-0.3, -0.25) is 0 Å². The molecule has 0 amide bonds. The number of ether oxygens (including phenoxy) is 1. The minimum absolute atomic E-state index is 0.290. The smallest absolute Gasteiger partial charge is 0.124 e. The third-order valence-corrected chi connectivity index (χ3v) is 4.60. The molecule has 1 atom stereocenters. The summed E-state index contributed by atoms with van der Waals surface area (Å²) in [5.74, 6) is 1.09. The lowest BCUT2D eigenvalue weighted by Crippen LogP contribution is -2.42. The van der Waals surface area contributed by atoms with E-state index in [1.807, 2.05) is 0 Å². The van der Waals surface area contributed by atoms with E-state index in [1.54, 1.807) is 0 Å². The van der Waals surface area contributed by atoms with Crippen molar-refractivity contribution in [1.29, 1.82) is 0 Å². The van der Waals surface area contributed by atoms with Crippen LogP contribution in [0.15, 0.2) is 18.2 Å². The second-order valence-electron chi connectivity index (χ2n) is 6.75. The quantitative estimate of drug-likeness (QED) is 0.916. The molecule has 3 nitrogen and oxygen atoms in total. The second kappa shape index (κ2) is 5.65. The molecule has 1 aromatic rings. The van der Waals surface area contributed by atoms with Crippen LogP contribution in [0.2, 0.25) is 0 Å². The van der Waals surface area contributed by atoms with Crippen LogP contribution in [0.25, 0.3) is 0 Å². The summed E-state index contributed by atoms with van der Waals surface area (Å²) < 4.78 is 6.23. The summed E-state index contributed by atoms with van der Waals surface area (Å²) in [6.07, 6.45) is 4.89. The summed E-state index contributed by atoms with van der Waals surface area (Å²) in [4.78, 5) is 2.43. The van der Waals surface area contributed by atoms with E-state index in [2.05, 4.69) is 42.4 Å². The van der Waals surface area contributed by atoms with Crippen LogP contribution in [0, 0.1) is 5.41 Å². The van der Waals surface area contributed by atoms with Crippen LogP contribution in [0.5, 0.6) is 5.75 Å². The highest BCUT2D eigenvalue weighted by molar-refractivity contribution is 5.59. The zero-order valence-corrected chi connectivity index (χ0v) is 12.7. The summed E-state index contributed by atoms with van der Waals surface area (Å²) in [6, 6.07) is 6.39. The molecule has 0 saturated carbocycles. The summed E-state index contributed by atoms with van der Waals surface area (Å²) in [7, 11) is 2.21. The average Bonchev–Trinajstić information content (AvgIpc) is 2.45. The van der Waals surface area contributed by atoms with Gasteiger partial charge >= 0.3 is 0 Å². The Hall–Kier alpha value is -1.22. The molecule has 1 saturated heterocycles. The van der Waals surface area contributed by atoms with Gasteiger partial charge in [0.05, 0.1) is 6.61 Å². The Morgan fingerprint density at radius 3 is 3.10 bits per heavy atom. The first-order valence-corrected chi connectivity index (χ1v) is 7.83. The monoisotopic (exact) mass is 274 g/mol. The summed E-state index contributed by atoms with van der Waals surface area (Å²) in [6.45, 7) is 6.63. The van der Waals surface area contributed by atoms with Gasteiger partial charge < -0.3 is 15.0 Å². The number of rotatable bonds is 3. The number of likely N-dealkylation sites (tertiary alicyclic amines) is 1. The molecule has 1 fully saturated rings. The number of nitrogens with one attached hydrogen (secondary N) is 1. The highest BCUT2D eigenvalue weighted by Crippen LogP contribution is 2.34. The Labute approximate surface area is 122 Å². The van der Waals surface area contributed by atoms with Crippen LogP contribution in [0.1, 0.15) is 31.7 Å². The van der Waals surface area contributed by atoms with Gasteiger partial charge in [-0.1, -0.05) is 13.0 Å². The van der Waals surface area contributed by atoms with Crippen molar-refractivity contribution >= 4 is 5.69 Å². The summed E-state index contributed by atoms with van der Waals surface area (Å²) in [5.41, 5.74) is 2.92.